The van der Waals surface area contributed by atoms with E-state index in [1.165, 1.54) is 12.1 Å². The lowest BCUT2D eigenvalue weighted by Gasteiger charge is -2.07. The molecule has 0 amide bonds. The predicted octanol–water partition coefficient (Wildman–Crippen LogP) is 2.54. The molecule has 0 aromatic heterocycles. The van der Waals surface area contributed by atoms with Gasteiger partial charge in [0, 0.05) is 6.54 Å². The molecular weight excluding hydrogens is 284 g/mol. The van der Waals surface area contributed by atoms with Gasteiger partial charge in [0.25, 0.3) is 0 Å². The number of nitriles is 1. The third kappa shape index (κ3) is 4.15. The van der Waals surface area contributed by atoms with Crippen LogP contribution in [0.4, 0.5) is 0 Å². The van der Waals surface area contributed by atoms with Crippen molar-refractivity contribution in [1.29, 1.82) is 5.26 Å². The monoisotopic (exact) mass is 300 g/mol. The minimum Gasteiger partial charge on any atom is -0.207 e. The van der Waals surface area contributed by atoms with E-state index in [1.54, 1.807) is 12.1 Å². The number of aryl methyl sites for hydroxylation is 1. The van der Waals surface area contributed by atoms with E-state index in [1.807, 2.05) is 37.3 Å². The van der Waals surface area contributed by atoms with Crippen molar-refractivity contribution < 1.29 is 8.42 Å². The largest absolute Gasteiger partial charge is 0.240 e. The van der Waals surface area contributed by atoms with Gasteiger partial charge in [0.15, 0.2) is 0 Å². The molecule has 0 aliphatic rings. The highest BCUT2D eigenvalue weighted by molar-refractivity contribution is 7.89. The number of nitrogens with one attached hydrogen (secondary N) is 1. The zero-order valence-corrected chi connectivity index (χ0v) is 12.5. The maximum Gasteiger partial charge on any atom is 0.240 e. The van der Waals surface area contributed by atoms with E-state index < -0.39 is 10.0 Å². The van der Waals surface area contributed by atoms with Crippen molar-refractivity contribution >= 4 is 10.0 Å². The molecule has 0 atom stereocenters. The number of hydrogen-bond acceptors (Lipinski definition) is 3. The van der Waals surface area contributed by atoms with Crippen molar-refractivity contribution in [3.05, 3.63) is 65.2 Å². The van der Waals surface area contributed by atoms with Crippen LogP contribution in [0.15, 0.2) is 53.4 Å². The van der Waals surface area contributed by atoms with Crippen molar-refractivity contribution in [1.82, 2.24) is 4.72 Å². The molecule has 0 bridgehead atoms. The quantitative estimate of drug-likeness (QED) is 0.922. The molecule has 0 saturated heterocycles. The van der Waals surface area contributed by atoms with Gasteiger partial charge in [0.05, 0.1) is 17.4 Å². The van der Waals surface area contributed by atoms with Crippen molar-refractivity contribution in [2.45, 2.75) is 24.8 Å². The van der Waals surface area contributed by atoms with Gasteiger partial charge in [0.2, 0.25) is 10.0 Å². The van der Waals surface area contributed by atoms with E-state index in [4.69, 9.17) is 5.26 Å². The average molecular weight is 300 g/mol. The van der Waals surface area contributed by atoms with Gasteiger partial charge in [-0.1, -0.05) is 42.0 Å². The minimum atomic E-state index is -3.53. The minimum absolute atomic E-state index is 0.205. The second-order valence-electron chi connectivity index (χ2n) is 4.79. The Hall–Kier alpha value is -2.16. The van der Waals surface area contributed by atoms with Crippen LogP contribution < -0.4 is 4.72 Å². The Morgan fingerprint density at radius 2 is 1.57 bits per heavy atom. The SMILES string of the molecule is Cc1ccc(CNS(=O)(=O)c2ccc(CC#N)cc2)cc1. The van der Waals surface area contributed by atoms with Crippen LogP contribution in [0, 0.1) is 18.3 Å². The highest BCUT2D eigenvalue weighted by Crippen LogP contribution is 2.12. The lowest BCUT2D eigenvalue weighted by molar-refractivity contribution is 0.581. The van der Waals surface area contributed by atoms with Crippen molar-refractivity contribution in [2.24, 2.45) is 0 Å². The fraction of sp³-hybridized carbons (Fsp3) is 0.188. The van der Waals surface area contributed by atoms with Gasteiger partial charge in [-0.05, 0) is 30.2 Å². The van der Waals surface area contributed by atoms with Crippen LogP contribution in [-0.2, 0) is 23.0 Å². The van der Waals surface area contributed by atoms with Crippen LogP contribution in [0.3, 0.4) is 0 Å². The Morgan fingerprint density at radius 1 is 1.00 bits per heavy atom. The summed E-state index contributed by atoms with van der Waals surface area (Å²) in [5.41, 5.74) is 2.84. The lowest BCUT2D eigenvalue weighted by atomic mass is 10.2. The summed E-state index contributed by atoms with van der Waals surface area (Å²) >= 11 is 0. The van der Waals surface area contributed by atoms with Gasteiger partial charge >= 0.3 is 0 Å². The van der Waals surface area contributed by atoms with Crippen LogP contribution in [0.25, 0.3) is 0 Å². The van der Waals surface area contributed by atoms with Gasteiger partial charge in [-0.3, -0.25) is 0 Å². The van der Waals surface area contributed by atoms with Crippen LogP contribution >= 0.6 is 0 Å². The Morgan fingerprint density at radius 3 is 2.14 bits per heavy atom. The molecule has 5 heteroatoms. The van der Waals surface area contributed by atoms with E-state index in [0.717, 1.165) is 16.7 Å². The number of nitrogens with zero attached hydrogens (tertiary/aromatic N) is 1. The summed E-state index contributed by atoms with van der Waals surface area (Å²) in [6.45, 7) is 2.24. The first-order chi connectivity index (χ1) is 10.0. The summed E-state index contributed by atoms with van der Waals surface area (Å²) in [5.74, 6) is 0. The summed E-state index contributed by atoms with van der Waals surface area (Å²) in [4.78, 5) is 0.205. The summed E-state index contributed by atoms with van der Waals surface area (Å²) in [5, 5.41) is 8.60. The molecular formula is C16H16N2O2S. The third-order valence-corrected chi connectivity index (χ3v) is 4.52. The van der Waals surface area contributed by atoms with Crippen LogP contribution in [-0.4, -0.2) is 8.42 Å². The second kappa shape index (κ2) is 6.53. The molecule has 2 rings (SSSR count). The van der Waals surface area contributed by atoms with Gasteiger partial charge in [-0.25, -0.2) is 13.1 Å². The van der Waals surface area contributed by atoms with Crippen LogP contribution in [0.5, 0.6) is 0 Å². The van der Waals surface area contributed by atoms with Gasteiger partial charge in [-0.2, -0.15) is 5.26 Å². The molecule has 2 aromatic rings. The smallest absolute Gasteiger partial charge is 0.207 e. The molecule has 0 spiro atoms. The first-order valence-electron chi connectivity index (χ1n) is 6.52. The molecule has 0 unspecified atom stereocenters. The van der Waals surface area contributed by atoms with E-state index in [2.05, 4.69) is 4.72 Å². The fourth-order valence-electron chi connectivity index (χ4n) is 1.85. The Labute approximate surface area is 125 Å². The number of rotatable bonds is 5. The van der Waals surface area contributed by atoms with Gasteiger partial charge in [0.1, 0.15) is 0 Å². The van der Waals surface area contributed by atoms with Crippen LogP contribution in [0.1, 0.15) is 16.7 Å². The zero-order valence-electron chi connectivity index (χ0n) is 11.7. The normalized spacial score (nSPS) is 11.0. The molecule has 0 aliphatic heterocycles. The first-order valence-corrected chi connectivity index (χ1v) is 8.01. The summed E-state index contributed by atoms with van der Waals surface area (Å²) in [6, 6.07) is 16.1. The molecule has 0 radical (unpaired) electrons. The van der Waals surface area contributed by atoms with E-state index in [0.29, 0.717) is 0 Å². The van der Waals surface area contributed by atoms with Gasteiger partial charge < -0.3 is 0 Å². The molecule has 0 heterocycles. The maximum absolute atomic E-state index is 12.2. The molecule has 2 aromatic carbocycles. The summed E-state index contributed by atoms with van der Waals surface area (Å²) in [6.07, 6.45) is 0.275. The number of sulfonamides is 1. The molecule has 1 N–H and O–H groups in total. The fourth-order valence-corrected chi connectivity index (χ4v) is 2.86. The Bertz CT molecular complexity index is 742. The van der Waals surface area contributed by atoms with E-state index >= 15 is 0 Å². The zero-order chi connectivity index (χ0) is 15.3. The van der Waals surface area contributed by atoms with Crippen molar-refractivity contribution in [3.8, 4) is 6.07 Å². The van der Waals surface area contributed by atoms with E-state index in [9.17, 15) is 8.42 Å². The Kier molecular flexibility index (Phi) is 4.73. The molecule has 4 nitrogen and oxygen atoms in total. The summed E-state index contributed by atoms with van der Waals surface area (Å²) in [7, 11) is -3.53. The third-order valence-electron chi connectivity index (χ3n) is 3.10. The van der Waals surface area contributed by atoms with Crippen molar-refractivity contribution in [3.63, 3.8) is 0 Å². The number of hydrogen-bond donors (Lipinski definition) is 1. The summed E-state index contributed by atoms with van der Waals surface area (Å²) < 4.78 is 26.9. The second-order valence-corrected chi connectivity index (χ2v) is 6.56. The molecule has 0 aliphatic carbocycles. The molecule has 21 heavy (non-hydrogen) atoms. The Balaban J connectivity index is 2.07. The highest BCUT2D eigenvalue weighted by atomic mass is 32.2. The molecule has 108 valence electrons. The highest BCUT2D eigenvalue weighted by Gasteiger charge is 2.13. The molecule has 0 saturated carbocycles. The topological polar surface area (TPSA) is 70.0 Å². The predicted molar refractivity (Wildman–Crippen MR) is 81.0 cm³/mol. The van der Waals surface area contributed by atoms with Crippen molar-refractivity contribution in [2.75, 3.05) is 0 Å². The first kappa shape index (κ1) is 15.2. The molecule has 0 fully saturated rings. The standard InChI is InChI=1S/C16H16N2O2S/c1-13-2-4-15(5-3-13)12-18-21(19,20)16-8-6-14(7-9-16)10-11-17/h2-9,18H,10,12H2,1H3. The van der Waals surface area contributed by atoms with Gasteiger partial charge in [-0.15, -0.1) is 0 Å². The lowest BCUT2D eigenvalue weighted by Crippen LogP contribution is -2.23. The van der Waals surface area contributed by atoms with E-state index in [-0.39, 0.29) is 17.9 Å². The maximum atomic E-state index is 12.2. The van der Waals surface area contributed by atoms with Crippen LogP contribution in [0.2, 0.25) is 0 Å². The average Bonchev–Trinajstić information content (AvgIpc) is 2.48. The number of benzene rings is 2.